The summed E-state index contributed by atoms with van der Waals surface area (Å²) in [6.07, 6.45) is 20.2. The number of unbranched alkanes of at least 4 members (excludes halogenated alkanes) is 12. The fourth-order valence-corrected chi connectivity index (χ4v) is 3.87. The third kappa shape index (κ3) is 15.4. The Morgan fingerprint density at radius 3 is 1.46 bits per heavy atom. The van der Waals surface area contributed by atoms with E-state index in [0.29, 0.717) is 37.1 Å². The lowest BCUT2D eigenvalue weighted by Gasteiger charge is -2.18. The molecule has 5 nitrogen and oxygen atoms in total. The molecule has 35 heavy (non-hydrogen) atoms. The summed E-state index contributed by atoms with van der Waals surface area (Å²) in [5.41, 5.74) is 0.740. The monoisotopic (exact) mass is 490 g/mol. The maximum absolute atomic E-state index is 11.1. The maximum atomic E-state index is 11.1. The van der Waals surface area contributed by atoms with Crippen LogP contribution in [0.5, 0.6) is 17.2 Å². The molecule has 0 unspecified atom stereocenters. The Morgan fingerprint density at radius 1 is 0.657 bits per heavy atom. The van der Waals surface area contributed by atoms with Crippen molar-refractivity contribution in [3.05, 3.63) is 23.8 Å². The molecule has 1 aromatic rings. The number of aliphatic carboxylic acids is 1. The summed E-state index contributed by atoms with van der Waals surface area (Å²) in [4.78, 5) is 11.1. The molecule has 0 aliphatic heterocycles. The van der Waals surface area contributed by atoms with Gasteiger partial charge in [0.25, 0.3) is 0 Å². The largest absolute Gasteiger partial charge is 0.490 e. The molecule has 0 heterocycles. The van der Waals surface area contributed by atoms with Crippen LogP contribution in [0.1, 0.15) is 123 Å². The van der Waals surface area contributed by atoms with Crippen LogP contribution in [0.25, 0.3) is 6.08 Å². The Labute approximate surface area is 214 Å². The molecule has 0 aliphatic carbocycles. The lowest BCUT2D eigenvalue weighted by Crippen LogP contribution is -2.07. The lowest BCUT2D eigenvalue weighted by molar-refractivity contribution is -0.131. The van der Waals surface area contributed by atoms with Gasteiger partial charge in [-0.2, -0.15) is 0 Å². The van der Waals surface area contributed by atoms with Crippen molar-refractivity contribution in [3.63, 3.8) is 0 Å². The van der Waals surface area contributed by atoms with Crippen molar-refractivity contribution in [2.24, 2.45) is 0 Å². The highest BCUT2D eigenvalue weighted by Crippen LogP contribution is 2.40. The quantitative estimate of drug-likeness (QED) is 0.123. The van der Waals surface area contributed by atoms with Gasteiger partial charge in [-0.05, 0) is 43.0 Å². The minimum atomic E-state index is -0.978. The van der Waals surface area contributed by atoms with Gasteiger partial charge < -0.3 is 19.3 Å². The predicted octanol–water partition coefficient (Wildman–Crippen LogP) is 8.83. The Kier molecular flexibility index (Phi) is 18.6. The van der Waals surface area contributed by atoms with E-state index in [1.165, 1.54) is 57.8 Å². The number of hydrogen-bond donors (Lipinski definition) is 1. The second-order valence-electron chi connectivity index (χ2n) is 9.31. The van der Waals surface area contributed by atoms with Crippen LogP contribution in [0.3, 0.4) is 0 Å². The highest BCUT2D eigenvalue weighted by atomic mass is 16.5. The molecular weight excluding hydrogens is 440 g/mol. The van der Waals surface area contributed by atoms with Gasteiger partial charge in [-0.3, -0.25) is 0 Å². The Hall–Kier alpha value is -2.17. The van der Waals surface area contributed by atoms with Crippen LogP contribution in [0.2, 0.25) is 0 Å². The molecular formula is C30H50O5. The highest BCUT2D eigenvalue weighted by Gasteiger charge is 2.15. The fraction of sp³-hybridized carbons (Fsp3) is 0.700. The number of benzene rings is 1. The van der Waals surface area contributed by atoms with Crippen LogP contribution in [-0.4, -0.2) is 30.9 Å². The highest BCUT2D eigenvalue weighted by molar-refractivity contribution is 5.85. The minimum Gasteiger partial charge on any atom is -0.490 e. The van der Waals surface area contributed by atoms with E-state index >= 15 is 0 Å². The smallest absolute Gasteiger partial charge is 0.328 e. The number of ether oxygens (including phenoxy) is 3. The number of hydrogen-bond acceptors (Lipinski definition) is 4. The average Bonchev–Trinajstić information content (AvgIpc) is 2.85. The van der Waals surface area contributed by atoms with Crippen molar-refractivity contribution in [3.8, 4) is 17.2 Å². The fourth-order valence-electron chi connectivity index (χ4n) is 3.87. The van der Waals surface area contributed by atoms with Gasteiger partial charge >= 0.3 is 5.97 Å². The predicted molar refractivity (Wildman–Crippen MR) is 146 cm³/mol. The van der Waals surface area contributed by atoms with E-state index in [0.717, 1.165) is 50.2 Å². The van der Waals surface area contributed by atoms with Crippen molar-refractivity contribution in [2.45, 2.75) is 117 Å². The number of rotatable bonds is 23. The van der Waals surface area contributed by atoms with Crippen LogP contribution in [-0.2, 0) is 4.79 Å². The van der Waals surface area contributed by atoms with Gasteiger partial charge in [0, 0.05) is 6.08 Å². The second kappa shape index (κ2) is 21.1. The number of carboxylic acids is 1. The molecule has 0 radical (unpaired) electrons. The Bertz CT molecular complexity index is 661. The molecule has 1 N–H and O–H groups in total. The molecule has 0 saturated carbocycles. The van der Waals surface area contributed by atoms with Crippen LogP contribution in [0, 0.1) is 0 Å². The summed E-state index contributed by atoms with van der Waals surface area (Å²) in [7, 11) is 0. The Morgan fingerprint density at radius 2 is 1.06 bits per heavy atom. The van der Waals surface area contributed by atoms with E-state index < -0.39 is 5.97 Å². The maximum Gasteiger partial charge on any atom is 0.328 e. The SMILES string of the molecule is CCCCCCCOc1cc(C=CC(=O)O)cc(OCCCCCCC)c1OCCCCCCC. The summed E-state index contributed by atoms with van der Waals surface area (Å²) >= 11 is 0. The average molecular weight is 491 g/mol. The topological polar surface area (TPSA) is 65.0 Å². The third-order valence-corrected chi connectivity index (χ3v) is 5.97. The number of carbonyl (C=O) groups is 1. The molecule has 5 heteroatoms. The zero-order valence-electron chi connectivity index (χ0n) is 22.6. The van der Waals surface area contributed by atoms with Crippen molar-refractivity contribution in [1.29, 1.82) is 0 Å². The van der Waals surface area contributed by atoms with Crippen molar-refractivity contribution < 1.29 is 24.1 Å². The minimum absolute atomic E-state index is 0.610. The summed E-state index contributed by atoms with van der Waals surface area (Å²) in [6, 6.07) is 3.73. The summed E-state index contributed by atoms with van der Waals surface area (Å²) in [5.74, 6) is 0.953. The van der Waals surface area contributed by atoms with Gasteiger partial charge in [0.1, 0.15) is 0 Å². The van der Waals surface area contributed by atoms with E-state index in [1.807, 2.05) is 12.1 Å². The van der Waals surface area contributed by atoms with Crippen LogP contribution in [0.4, 0.5) is 0 Å². The van der Waals surface area contributed by atoms with Gasteiger partial charge in [0.05, 0.1) is 19.8 Å². The van der Waals surface area contributed by atoms with E-state index in [-0.39, 0.29) is 0 Å². The van der Waals surface area contributed by atoms with E-state index in [1.54, 1.807) is 6.08 Å². The van der Waals surface area contributed by atoms with E-state index in [4.69, 9.17) is 19.3 Å². The number of carboxylic acid groups (broad SMARTS) is 1. The van der Waals surface area contributed by atoms with Crippen LogP contribution < -0.4 is 14.2 Å². The molecule has 1 aromatic carbocycles. The molecule has 0 atom stereocenters. The zero-order chi connectivity index (χ0) is 25.6. The molecule has 0 aromatic heterocycles. The molecule has 1 rings (SSSR count). The van der Waals surface area contributed by atoms with Crippen molar-refractivity contribution in [2.75, 3.05) is 19.8 Å². The van der Waals surface area contributed by atoms with Crippen molar-refractivity contribution >= 4 is 12.0 Å². The van der Waals surface area contributed by atoms with Gasteiger partial charge in [0.2, 0.25) is 5.75 Å². The normalized spacial score (nSPS) is 11.2. The lowest BCUT2D eigenvalue weighted by atomic mass is 10.1. The first-order valence-corrected chi connectivity index (χ1v) is 14.1. The van der Waals surface area contributed by atoms with Crippen LogP contribution in [0.15, 0.2) is 18.2 Å². The second-order valence-corrected chi connectivity index (χ2v) is 9.31. The molecule has 200 valence electrons. The standard InChI is InChI=1S/C30H50O5/c1-4-7-10-13-16-21-33-27-24-26(19-20-29(31)32)25-28(34-22-17-14-11-8-5-2)30(27)35-23-18-15-12-9-6-3/h19-20,24-25H,4-18,21-23H2,1-3H3,(H,31,32). The Balaban J connectivity index is 2.96. The molecule has 0 spiro atoms. The molecule has 0 saturated heterocycles. The molecule has 0 aliphatic rings. The van der Waals surface area contributed by atoms with E-state index in [9.17, 15) is 4.79 Å². The summed E-state index contributed by atoms with van der Waals surface area (Å²) < 4.78 is 18.6. The summed E-state index contributed by atoms with van der Waals surface area (Å²) in [6.45, 7) is 8.48. The zero-order valence-corrected chi connectivity index (χ0v) is 22.6. The molecule has 0 fully saturated rings. The van der Waals surface area contributed by atoms with Crippen molar-refractivity contribution in [1.82, 2.24) is 0 Å². The first-order chi connectivity index (χ1) is 17.1. The first kappa shape index (κ1) is 30.9. The third-order valence-electron chi connectivity index (χ3n) is 5.97. The van der Waals surface area contributed by atoms with Crippen LogP contribution >= 0.6 is 0 Å². The van der Waals surface area contributed by atoms with Gasteiger partial charge in [-0.15, -0.1) is 0 Å². The first-order valence-electron chi connectivity index (χ1n) is 14.1. The summed E-state index contributed by atoms with van der Waals surface area (Å²) in [5, 5.41) is 9.09. The molecule has 0 amide bonds. The van der Waals surface area contributed by atoms with E-state index in [2.05, 4.69) is 20.8 Å². The van der Waals surface area contributed by atoms with Gasteiger partial charge in [-0.25, -0.2) is 4.79 Å². The van der Waals surface area contributed by atoms with Gasteiger partial charge in [-0.1, -0.05) is 97.8 Å². The van der Waals surface area contributed by atoms with Gasteiger partial charge in [0.15, 0.2) is 11.5 Å². The molecule has 0 bridgehead atoms.